The van der Waals surface area contributed by atoms with Gasteiger partial charge in [-0.3, -0.25) is 19.2 Å². The van der Waals surface area contributed by atoms with E-state index >= 15 is 0 Å². The number of fused-ring (bicyclic) bond motifs is 3. The number of cyclic esters (lactones) is 1. The zero-order valence-corrected chi connectivity index (χ0v) is 46.7. The van der Waals surface area contributed by atoms with Gasteiger partial charge in [-0.1, -0.05) is 71.1 Å². The molecule has 4 rings (SSSR count). The van der Waals surface area contributed by atoms with Crippen LogP contribution in [0.15, 0.2) is 47.6 Å². The molecular formula is C58H94N2O14. The van der Waals surface area contributed by atoms with Crippen molar-refractivity contribution in [1.29, 1.82) is 0 Å². The first-order valence-electron chi connectivity index (χ1n) is 27.6. The van der Waals surface area contributed by atoms with Crippen molar-refractivity contribution in [1.82, 2.24) is 9.80 Å². The Morgan fingerprint density at radius 1 is 0.851 bits per heavy atom. The highest BCUT2D eigenvalue weighted by molar-refractivity contribution is 6.39. The van der Waals surface area contributed by atoms with Crippen LogP contribution < -0.4 is 0 Å². The summed E-state index contributed by atoms with van der Waals surface area (Å²) in [5.41, 5.74) is 1.30. The van der Waals surface area contributed by atoms with Crippen LogP contribution in [0.2, 0.25) is 0 Å². The quantitative estimate of drug-likeness (QED) is 0.0699. The average molecular weight is 1040 g/mol. The van der Waals surface area contributed by atoms with E-state index in [1.807, 2.05) is 72.2 Å². The van der Waals surface area contributed by atoms with Crippen LogP contribution in [0.4, 0.5) is 0 Å². The number of amides is 1. The standard InChI is InChI=1S/C58H94N2O14/c1-37-19-13-12-14-20-38(2)49(71-29-18-17-26-59(8)9)35-45-24-22-43(7)58(68,74-45)55(65)56(66)60-27-16-15-21-46(60)57(67)73-50(40(4)33-44-23-25-48(72-30-28-61)51(34-44)69-10)36-47(62)39(3)32-42(6)53(64)54(70-11)52(63)41(5)31-37/h12-14,19-20,32,37,39-41,43-46,48-51,53-54,61,64,68H,15-18,21-31,33-36H2,1-11H3/b14-12+,19-13+,38-20+,42-32+/t37-,39-,40-,41-,43-,44+,45+,46+,48-,49+,50+,51-,53-,54+,58-/m1/s1. The number of carbonyl (C=O) groups excluding carboxylic acids is 5. The number of unbranched alkanes of at least 4 members (excludes halogenated alkanes) is 1. The van der Waals surface area contributed by atoms with E-state index < -0.39 is 77.8 Å². The van der Waals surface area contributed by atoms with E-state index in [2.05, 4.69) is 4.90 Å². The molecule has 0 unspecified atom stereocenters. The molecule has 1 amide bonds. The number of carbonyl (C=O) groups is 5. The van der Waals surface area contributed by atoms with Crippen LogP contribution in [-0.4, -0.2) is 170 Å². The van der Waals surface area contributed by atoms with E-state index in [-0.39, 0.29) is 74.1 Å². The third-order valence-electron chi connectivity index (χ3n) is 15.9. The fourth-order valence-corrected chi connectivity index (χ4v) is 11.2. The second-order valence-corrected chi connectivity index (χ2v) is 22.3. The summed E-state index contributed by atoms with van der Waals surface area (Å²) in [4.78, 5) is 75.0. The maximum absolute atomic E-state index is 14.6. The fourth-order valence-electron chi connectivity index (χ4n) is 11.2. The van der Waals surface area contributed by atoms with Gasteiger partial charge in [-0.15, -0.1) is 0 Å². The number of esters is 1. The van der Waals surface area contributed by atoms with Crippen molar-refractivity contribution in [2.45, 2.75) is 193 Å². The lowest BCUT2D eigenvalue weighted by Gasteiger charge is -2.43. The number of nitrogens with zero attached hydrogens (tertiary/aromatic N) is 2. The van der Waals surface area contributed by atoms with Gasteiger partial charge in [0, 0.05) is 58.0 Å². The molecular weight excluding hydrogens is 949 g/mol. The van der Waals surface area contributed by atoms with Gasteiger partial charge in [0.25, 0.3) is 11.7 Å². The normalized spacial score (nSPS) is 37.0. The molecule has 15 atom stereocenters. The number of aliphatic hydroxyl groups is 3. The molecule has 1 saturated carbocycles. The first kappa shape index (κ1) is 63.1. The number of aliphatic hydroxyl groups excluding tert-OH is 2. The SMILES string of the molecule is CO[C@@H]1C[C@H](C[C@@H](C)[C@@H]2CC(=O)[C@H](C)/C=C(\C)[C@@H](O)[C@@H](OC)C(=O)[C@H](C)C[C@H](C)/C=C/C=C/C=C(\C)[C@@H](OCCCCN(C)C)C[C@@H]3CC[C@@H](C)[C@@](O)(O3)C(=O)C(=O)N3CCCC[C@H]3C(=O)O2)CC[C@H]1OCCO. The minimum atomic E-state index is -2.45. The summed E-state index contributed by atoms with van der Waals surface area (Å²) < 4.78 is 36.5. The van der Waals surface area contributed by atoms with Gasteiger partial charge in [0.2, 0.25) is 5.79 Å². The summed E-state index contributed by atoms with van der Waals surface area (Å²) >= 11 is 0. The fraction of sp³-hybridized carbons (Fsp3) is 0.776. The maximum Gasteiger partial charge on any atom is 0.329 e. The van der Waals surface area contributed by atoms with E-state index in [1.54, 1.807) is 34.0 Å². The van der Waals surface area contributed by atoms with Gasteiger partial charge in [-0.2, -0.15) is 0 Å². The van der Waals surface area contributed by atoms with Crippen LogP contribution in [0.1, 0.15) is 138 Å². The van der Waals surface area contributed by atoms with Crippen LogP contribution in [0.25, 0.3) is 0 Å². The summed E-state index contributed by atoms with van der Waals surface area (Å²) in [6, 6.07) is -1.15. The van der Waals surface area contributed by atoms with Crippen molar-refractivity contribution in [3.63, 3.8) is 0 Å². The molecule has 16 heteroatoms. The predicted molar refractivity (Wildman–Crippen MR) is 283 cm³/mol. The number of rotatable bonds is 14. The second-order valence-electron chi connectivity index (χ2n) is 22.3. The Morgan fingerprint density at radius 2 is 1.59 bits per heavy atom. The smallest absolute Gasteiger partial charge is 0.329 e. The molecule has 3 fully saturated rings. The summed E-state index contributed by atoms with van der Waals surface area (Å²) in [6.07, 6.45) is 13.9. The summed E-state index contributed by atoms with van der Waals surface area (Å²) in [7, 11) is 7.07. The number of hydrogen-bond acceptors (Lipinski definition) is 15. The number of ether oxygens (including phenoxy) is 6. The predicted octanol–water partition coefficient (Wildman–Crippen LogP) is 6.91. The van der Waals surface area contributed by atoms with Crippen LogP contribution in [0.3, 0.4) is 0 Å². The van der Waals surface area contributed by atoms with Crippen molar-refractivity contribution in [2.24, 2.45) is 35.5 Å². The van der Waals surface area contributed by atoms with Crippen LogP contribution >= 0.6 is 0 Å². The molecule has 2 saturated heterocycles. The molecule has 2 bridgehead atoms. The molecule has 0 spiro atoms. The Kier molecular flexibility index (Phi) is 26.5. The largest absolute Gasteiger partial charge is 0.460 e. The third kappa shape index (κ3) is 18.4. The van der Waals surface area contributed by atoms with Gasteiger partial charge in [0.1, 0.15) is 30.1 Å². The van der Waals surface area contributed by atoms with Crippen molar-refractivity contribution in [2.75, 3.05) is 61.2 Å². The van der Waals surface area contributed by atoms with Gasteiger partial charge < -0.3 is 53.5 Å². The monoisotopic (exact) mass is 1040 g/mol. The summed E-state index contributed by atoms with van der Waals surface area (Å²) in [5.74, 6) is -8.00. The molecule has 420 valence electrons. The number of methoxy groups -OCH3 is 2. The van der Waals surface area contributed by atoms with E-state index in [0.717, 1.165) is 31.4 Å². The van der Waals surface area contributed by atoms with Crippen LogP contribution in [0, 0.1) is 35.5 Å². The first-order valence-corrected chi connectivity index (χ1v) is 27.6. The van der Waals surface area contributed by atoms with Gasteiger partial charge in [-0.25, -0.2) is 4.79 Å². The van der Waals surface area contributed by atoms with E-state index in [1.165, 1.54) is 12.0 Å². The minimum Gasteiger partial charge on any atom is -0.460 e. The van der Waals surface area contributed by atoms with Crippen molar-refractivity contribution in [3.8, 4) is 0 Å². The number of Topliss-reactive ketones (excluding diaryl/α,β-unsaturated/α-hetero) is 3. The lowest BCUT2D eigenvalue weighted by Crippen LogP contribution is -2.61. The topological polar surface area (TPSA) is 208 Å². The summed E-state index contributed by atoms with van der Waals surface area (Å²) in [6.45, 7) is 14.4. The molecule has 0 radical (unpaired) electrons. The van der Waals surface area contributed by atoms with Gasteiger partial charge in [0.15, 0.2) is 5.78 Å². The summed E-state index contributed by atoms with van der Waals surface area (Å²) in [5, 5.41) is 33.1. The molecule has 3 N–H and O–H groups in total. The van der Waals surface area contributed by atoms with Crippen molar-refractivity contribution in [3.05, 3.63) is 47.6 Å². The maximum atomic E-state index is 14.6. The number of allylic oxidation sites excluding steroid dienone is 6. The van der Waals surface area contributed by atoms with Crippen molar-refractivity contribution >= 4 is 29.2 Å². The average Bonchev–Trinajstić information content (AvgIpc) is 3.37. The molecule has 0 aromatic heterocycles. The number of piperidine rings is 1. The minimum absolute atomic E-state index is 0.00795. The Balaban J connectivity index is 1.71. The van der Waals surface area contributed by atoms with Crippen molar-refractivity contribution < 1.29 is 67.7 Å². The zero-order chi connectivity index (χ0) is 54.7. The Hall–Kier alpha value is -3.45. The molecule has 74 heavy (non-hydrogen) atoms. The highest BCUT2D eigenvalue weighted by atomic mass is 16.6. The van der Waals surface area contributed by atoms with Gasteiger partial charge >= 0.3 is 5.97 Å². The van der Waals surface area contributed by atoms with E-state index in [9.17, 15) is 39.3 Å². The first-order chi connectivity index (χ1) is 35.1. The molecule has 0 aromatic carbocycles. The van der Waals surface area contributed by atoms with E-state index in [0.29, 0.717) is 70.0 Å². The van der Waals surface area contributed by atoms with E-state index in [4.69, 9.17) is 28.4 Å². The Bertz CT molecular complexity index is 1930. The second kappa shape index (κ2) is 31.1. The highest BCUT2D eigenvalue weighted by Gasteiger charge is 2.53. The molecule has 0 aromatic rings. The molecule has 16 nitrogen and oxygen atoms in total. The Labute approximate surface area is 442 Å². The lowest BCUT2D eigenvalue weighted by atomic mass is 9.78. The third-order valence-corrected chi connectivity index (χ3v) is 15.9. The highest BCUT2D eigenvalue weighted by Crippen LogP contribution is 2.38. The molecule has 3 aliphatic heterocycles. The van der Waals surface area contributed by atoms with Crippen LogP contribution in [0.5, 0.6) is 0 Å². The molecule has 3 heterocycles. The molecule has 1 aliphatic carbocycles. The lowest BCUT2D eigenvalue weighted by molar-refractivity contribution is -0.266. The molecule has 4 aliphatic rings. The zero-order valence-electron chi connectivity index (χ0n) is 46.7. The van der Waals surface area contributed by atoms with Gasteiger partial charge in [-0.05, 0) is 140 Å². The number of hydrogen-bond donors (Lipinski definition) is 3. The Morgan fingerprint density at radius 3 is 2.28 bits per heavy atom. The number of ketones is 3. The van der Waals surface area contributed by atoms with Gasteiger partial charge in [0.05, 0.1) is 37.6 Å². The van der Waals surface area contributed by atoms with Crippen LogP contribution in [-0.2, 0) is 52.4 Å².